The first-order valence-electron chi connectivity index (χ1n) is 9.03. The average molecular weight is 404 g/mol. The molecule has 2 fully saturated rings. The highest BCUT2D eigenvalue weighted by atomic mass is 35.5. The van der Waals surface area contributed by atoms with Gasteiger partial charge in [-0.1, -0.05) is 30.3 Å². The second kappa shape index (κ2) is 11.1. The molecule has 26 heavy (non-hydrogen) atoms. The number of likely N-dealkylation sites (N-methyl/N-ethyl adjacent to an activating group) is 1. The van der Waals surface area contributed by atoms with Crippen molar-refractivity contribution in [1.29, 1.82) is 0 Å². The van der Waals surface area contributed by atoms with Crippen molar-refractivity contribution in [2.24, 2.45) is 0 Å². The van der Waals surface area contributed by atoms with Crippen LogP contribution < -0.4 is 5.32 Å². The summed E-state index contributed by atoms with van der Waals surface area (Å²) in [5.41, 5.74) is 1.36. The molecule has 2 atom stereocenters. The standard InChI is InChI=1S/C19H29N3O2.2ClH/c1-15-18(20-10-13-24-15)19(23)21(2)17-8-11-22(12-9-17)14-16-6-4-3-5-7-16;;/h3-7,15,17-18,20H,8-14H2,1-2H3;2*1H/t15-,18+;;/m1../s1. The zero-order valence-corrected chi connectivity index (χ0v) is 17.2. The van der Waals surface area contributed by atoms with Crippen molar-refractivity contribution in [2.45, 2.75) is 44.5 Å². The van der Waals surface area contributed by atoms with Gasteiger partial charge in [0.15, 0.2) is 0 Å². The van der Waals surface area contributed by atoms with Crippen LogP contribution in [0.3, 0.4) is 0 Å². The van der Waals surface area contributed by atoms with Gasteiger partial charge in [0.05, 0.1) is 12.7 Å². The lowest BCUT2D eigenvalue weighted by molar-refractivity contribution is -0.141. The predicted molar refractivity (Wildman–Crippen MR) is 109 cm³/mol. The molecule has 0 aromatic heterocycles. The topological polar surface area (TPSA) is 44.8 Å². The molecular formula is C19H31Cl2N3O2. The lowest BCUT2D eigenvalue weighted by atomic mass is 10.0. The number of ether oxygens (including phenoxy) is 1. The maximum Gasteiger partial charge on any atom is 0.242 e. The van der Waals surface area contributed by atoms with Gasteiger partial charge in [0.1, 0.15) is 6.04 Å². The van der Waals surface area contributed by atoms with Crippen LogP contribution in [-0.2, 0) is 16.1 Å². The maximum absolute atomic E-state index is 12.8. The van der Waals surface area contributed by atoms with Gasteiger partial charge in [0.2, 0.25) is 5.91 Å². The fourth-order valence-corrected chi connectivity index (χ4v) is 3.72. The molecule has 2 aliphatic heterocycles. The molecule has 1 N–H and O–H groups in total. The average Bonchev–Trinajstić information content (AvgIpc) is 2.62. The van der Waals surface area contributed by atoms with Crippen LogP contribution in [0.4, 0.5) is 0 Å². The van der Waals surface area contributed by atoms with Crippen LogP contribution in [0.5, 0.6) is 0 Å². The third-order valence-corrected chi connectivity index (χ3v) is 5.28. The first-order valence-corrected chi connectivity index (χ1v) is 9.03. The number of carbonyl (C=O) groups excluding carboxylic acids is 1. The molecule has 2 saturated heterocycles. The Balaban J connectivity index is 0.00000169. The summed E-state index contributed by atoms with van der Waals surface area (Å²) in [6, 6.07) is 10.7. The van der Waals surface area contributed by atoms with Crippen LogP contribution in [0.2, 0.25) is 0 Å². The van der Waals surface area contributed by atoms with Gasteiger partial charge in [-0.3, -0.25) is 9.69 Å². The molecule has 0 saturated carbocycles. The fraction of sp³-hybridized carbons (Fsp3) is 0.632. The number of piperidine rings is 1. The van der Waals surface area contributed by atoms with Crippen molar-refractivity contribution in [3.05, 3.63) is 35.9 Å². The van der Waals surface area contributed by atoms with Gasteiger partial charge in [-0.25, -0.2) is 0 Å². The number of halogens is 2. The van der Waals surface area contributed by atoms with E-state index in [1.54, 1.807) is 0 Å². The largest absolute Gasteiger partial charge is 0.375 e. The molecule has 148 valence electrons. The first kappa shape index (κ1) is 23.2. The Morgan fingerprint density at radius 2 is 1.88 bits per heavy atom. The summed E-state index contributed by atoms with van der Waals surface area (Å²) in [4.78, 5) is 17.2. The van der Waals surface area contributed by atoms with Crippen molar-refractivity contribution in [3.8, 4) is 0 Å². The number of rotatable bonds is 4. The molecule has 0 spiro atoms. The van der Waals surface area contributed by atoms with E-state index < -0.39 is 0 Å². The third-order valence-electron chi connectivity index (χ3n) is 5.28. The van der Waals surface area contributed by atoms with Crippen LogP contribution in [-0.4, -0.2) is 67.2 Å². The van der Waals surface area contributed by atoms with Crippen LogP contribution >= 0.6 is 24.8 Å². The molecule has 0 aliphatic carbocycles. The summed E-state index contributed by atoms with van der Waals surface area (Å²) in [6.45, 7) is 6.50. The molecular weight excluding hydrogens is 373 g/mol. The minimum Gasteiger partial charge on any atom is -0.375 e. The van der Waals surface area contributed by atoms with Gasteiger partial charge in [0.25, 0.3) is 0 Å². The van der Waals surface area contributed by atoms with E-state index in [1.165, 1.54) is 5.56 Å². The van der Waals surface area contributed by atoms with Crippen LogP contribution in [0, 0.1) is 0 Å². The van der Waals surface area contributed by atoms with Gasteiger partial charge in [-0.2, -0.15) is 0 Å². The van der Waals surface area contributed by atoms with E-state index in [2.05, 4.69) is 40.5 Å². The third kappa shape index (κ3) is 5.83. The number of morpholine rings is 1. The van der Waals surface area contributed by atoms with Crippen molar-refractivity contribution in [3.63, 3.8) is 0 Å². The normalized spacial score (nSPS) is 24.2. The number of benzene rings is 1. The summed E-state index contributed by atoms with van der Waals surface area (Å²) in [5.74, 6) is 0.170. The van der Waals surface area contributed by atoms with E-state index in [0.29, 0.717) is 12.6 Å². The summed E-state index contributed by atoms with van der Waals surface area (Å²) >= 11 is 0. The summed E-state index contributed by atoms with van der Waals surface area (Å²) in [5, 5.41) is 3.30. The van der Waals surface area contributed by atoms with E-state index in [9.17, 15) is 4.79 Å². The smallest absolute Gasteiger partial charge is 0.242 e. The van der Waals surface area contributed by atoms with E-state index >= 15 is 0 Å². The van der Waals surface area contributed by atoms with Crippen molar-refractivity contribution in [1.82, 2.24) is 15.1 Å². The lowest BCUT2D eigenvalue weighted by Gasteiger charge is -2.39. The molecule has 5 nitrogen and oxygen atoms in total. The molecule has 0 unspecified atom stereocenters. The molecule has 2 aliphatic rings. The highest BCUT2D eigenvalue weighted by molar-refractivity contribution is 5.85. The quantitative estimate of drug-likeness (QED) is 0.837. The number of nitrogens with zero attached hydrogens (tertiary/aromatic N) is 2. The van der Waals surface area contributed by atoms with Crippen molar-refractivity contribution >= 4 is 30.7 Å². The molecule has 1 amide bonds. The second-order valence-corrected chi connectivity index (χ2v) is 6.95. The van der Waals surface area contributed by atoms with Crippen LogP contribution in [0.15, 0.2) is 30.3 Å². The number of likely N-dealkylation sites (tertiary alicyclic amines) is 1. The molecule has 0 radical (unpaired) electrons. The number of carbonyl (C=O) groups is 1. The molecule has 0 bridgehead atoms. The van der Waals surface area contributed by atoms with Gasteiger partial charge < -0.3 is 15.0 Å². The fourth-order valence-electron chi connectivity index (χ4n) is 3.72. The Bertz CT molecular complexity index is 539. The number of nitrogens with one attached hydrogen (secondary N) is 1. The predicted octanol–water partition coefficient (Wildman–Crippen LogP) is 2.33. The van der Waals surface area contributed by atoms with Gasteiger partial charge in [-0.05, 0) is 25.3 Å². The second-order valence-electron chi connectivity index (χ2n) is 6.95. The Kier molecular flexibility index (Phi) is 9.90. The van der Waals surface area contributed by atoms with E-state index in [0.717, 1.165) is 39.0 Å². The summed E-state index contributed by atoms with van der Waals surface area (Å²) < 4.78 is 5.61. The minimum absolute atomic E-state index is 0. The Labute approximate surface area is 169 Å². The summed E-state index contributed by atoms with van der Waals surface area (Å²) in [6.07, 6.45) is 2.03. The Morgan fingerprint density at radius 3 is 2.50 bits per heavy atom. The molecule has 2 heterocycles. The van der Waals surface area contributed by atoms with Gasteiger partial charge >= 0.3 is 0 Å². The van der Waals surface area contributed by atoms with Crippen molar-refractivity contribution in [2.75, 3.05) is 33.3 Å². The molecule has 3 rings (SSSR count). The highest BCUT2D eigenvalue weighted by Crippen LogP contribution is 2.19. The zero-order chi connectivity index (χ0) is 16.9. The van der Waals surface area contributed by atoms with Gasteiger partial charge in [0, 0.05) is 39.3 Å². The maximum atomic E-state index is 12.8. The highest BCUT2D eigenvalue weighted by Gasteiger charge is 2.34. The Hall–Kier alpha value is -0.850. The summed E-state index contributed by atoms with van der Waals surface area (Å²) in [7, 11) is 1.95. The number of hydrogen-bond acceptors (Lipinski definition) is 4. The van der Waals surface area contributed by atoms with Crippen LogP contribution in [0.25, 0.3) is 0 Å². The monoisotopic (exact) mass is 403 g/mol. The van der Waals surface area contributed by atoms with E-state index in [1.807, 2.05) is 18.9 Å². The lowest BCUT2D eigenvalue weighted by Crippen LogP contribution is -2.58. The van der Waals surface area contributed by atoms with Gasteiger partial charge in [-0.15, -0.1) is 24.8 Å². The first-order chi connectivity index (χ1) is 11.6. The molecule has 1 aromatic carbocycles. The zero-order valence-electron chi connectivity index (χ0n) is 15.6. The van der Waals surface area contributed by atoms with Crippen molar-refractivity contribution < 1.29 is 9.53 Å². The number of amides is 1. The minimum atomic E-state index is -0.203. The molecule has 1 aromatic rings. The van der Waals surface area contributed by atoms with E-state index in [-0.39, 0.29) is 42.9 Å². The SMILES string of the molecule is C[C@H]1OCCN[C@@H]1C(=O)N(C)C1CCN(Cc2ccccc2)CC1.Cl.Cl. The van der Waals surface area contributed by atoms with E-state index in [4.69, 9.17) is 4.74 Å². The number of hydrogen-bond donors (Lipinski definition) is 1. The Morgan fingerprint density at radius 1 is 1.23 bits per heavy atom. The van der Waals surface area contributed by atoms with Crippen LogP contribution in [0.1, 0.15) is 25.3 Å². The molecule has 7 heteroatoms.